The summed E-state index contributed by atoms with van der Waals surface area (Å²) < 4.78 is 5.25. The lowest BCUT2D eigenvalue weighted by Crippen LogP contribution is -2.37. The minimum atomic E-state index is 0.418. The van der Waals surface area contributed by atoms with Crippen LogP contribution in [0.5, 0.6) is 0 Å². The number of nitrogens with one attached hydrogen (secondary N) is 2. The van der Waals surface area contributed by atoms with Gasteiger partial charge in [-0.1, -0.05) is 48.7 Å². The van der Waals surface area contributed by atoms with Crippen LogP contribution in [0.3, 0.4) is 0 Å². The maximum atomic E-state index is 5.97. The van der Waals surface area contributed by atoms with Gasteiger partial charge in [0.25, 0.3) is 0 Å². The summed E-state index contributed by atoms with van der Waals surface area (Å²) in [6, 6.07) is 7.36. The van der Waals surface area contributed by atoms with Crippen LogP contribution >= 0.6 is 11.6 Å². The van der Waals surface area contributed by atoms with E-state index in [-0.39, 0.29) is 0 Å². The molecule has 0 aliphatic rings. The summed E-state index contributed by atoms with van der Waals surface area (Å²) in [7, 11) is 1.74. The van der Waals surface area contributed by atoms with Gasteiger partial charge in [0.2, 0.25) is 11.7 Å². The predicted octanol–water partition coefficient (Wildman–Crippen LogP) is 3.25. The number of nitrogens with zero attached hydrogens (tertiary/aromatic N) is 3. The van der Waals surface area contributed by atoms with Crippen LogP contribution in [-0.4, -0.2) is 29.7 Å². The van der Waals surface area contributed by atoms with Gasteiger partial charge in [-0.2, -0.15) is 4.98 Å². The Labute approximate surface area is 141 Å². The standard InChI is InChI=1S/C16H22ClN5O/c1-3-4-5-9-19-16(18-2)20-11-14-21-15(22-23-14)12-7-6-8-13(17)10-12/h6-8,10H,3-5,9,11H2,1-2H3,(H2,18,19,20). The summed E-state index contributed by atoms with van der Waals surface area (Å²) in [5.74, 6) is 1.75. The molecular formula is C16H22ClN5O. The Balaban J connectivity index is 1.86. The second-order valence-electron chi connectivity index (χ2n) is 5.08. The fraction of sp³-hybridized carbons (Fsp3) is 0.438. The average molecular weight is 336 g/mol. The van der Waals surface area contributed by atoms with E-state index in [4.69, 9.17) is 16.1 Å². The second kappa shape index (κ2) is 9.15. The number of unbranched alkanes of at least 4 members (excludes halogenated alkanes) is 2. The van der Waals surface area contributed by atoms with Crippen molar-refractivity contribution in [1.29, 1.82) is 0 Å². The Kier molecular flexibility index (Phi) is 6.87. The van der Waals surface area contributed by atoms with Crippen molar-refractivity contribution < 1.29 is 4.52 Å². The van der Waals surface area contributed by atoms with Gasteiger partial charge in [0, 0.05) is 24.2 Å². The third-order valence-electron chi connectivity index (χ3n) is 3.25. The average Bonchev–Trinajstić information content (AvgIpc) is 3.03. The number of aromatic nitrogens is 2. The molecule has 0 bridgehead atoms. The lowest BCUT2D eigenvalue weighted by Gasteiger charge is -2.09. The van der Waals surface area contributed by atoms with E-state index in [9.17, 15) is 0 Å². The number of hydrogen-bond acceptors (Lipinski definition) is 4. The fourth-order valence-electron chi connectivity index (χ4n) is 2.03. The molecule has 7 heteroatoms. The van der Waals surface area contributed by atoms with Crippen molar-refractivity contribution in [3.63, 3.8) is 0 Å². The van der Waals surface area contributed by atoms with Crippen molar-refractivity contribution in [3.05, 3.63) is 35.2 Å². The molecule has 0 spiro atoms. The van der Waals surface area contributed by atoms with Gasteiger partial charge in [0.1, 0.15) is 0 Å². The van der Waals surface area contributed by atoms with Gasteiger partial charge in [-0.05, 0) is 18.6 Å². The molecule has 0 unspecified atom stereocenters. The molecule has 0 atom stereocenters. The van der Waals surface area contributed by atoms with E-state index in [0.717, 1.165) is 24.5 Å². The minimum Gasteiger partial charge on any atom is -0.356 e. The Bertz CT molecular complexity index is 641. The van der Waals surface area contributed by atoms with Crippen molar-refractivity contribution in [2.75, 3.05) is 13.6 Å². The minimum absolute atomic E-state index is 0.418. The number of benzene rings is 1. The van der Waals surface area contributed by atoms with Crippen LogP contribution in [-0.2, 0) is 6.54 Å². The molecule has 2 rings (SSSR count). The second-order valence-corrected chi connectivity index (χ2v) is 5.52. The van der Waals surface area contributed by atoms with Gasteiger partial charge < -0.3 is 15.2 Å². The quantitative estimate of drug-likeness (QED) is 0.461. The third-order valence-corrected chi connectivity index (χ3v) is 3.49. The van der Waals surface area contributed by atoms with Crippen LogP contribution < -0.4 is 10.6 Å². The summed E-state index contributed by atoms with van der Waals surface area (Å²) in [5, 5.41) is 11.0. The largest absolute Gasteiger partial charge is 0.356 e. The first-order valence-electron chi connectivity index (χ1n) is 7.76. The fourth-order valence-corrected chi connectivity index (χ4v) is 2.22. The van der Waals surface area contributed by atoms with E-state index in [0.29, 0.717) is 23.3 Å². The predicted molar refractivity (Wildman–Crippen MR) is 92.5 cm³/mol. The van der Waals surface area contributed by atoms with E-state index in [1.807, 2.05) is 18.2 Å². The van der Waals surface area contributed by atoms with Crippen molar-refractivity contribution in [1.82, 2.24) is 20.8 Å². The van der Waals surface area contributed by atoms with E-state index in [1.54, 1.807) is 13.1 Å². The number of hydrogen-bond donors (Lipinski definition) is 2. The van der Waals surface area contributed by atoms with Crippen LogP contribution in [0.4, 0.5) is 0 Å². The zero-order valence-corrected chi connectivity index (χ0v) is 14.2. The van der Waals surface area contributed by atoms with Crippen LogP contribution in [0, 0.1) is 0 Å². The van der Waals surface area contributed by atoms with Crippen molar-refractivity contribution in [2.24, 2.45) is 4.99 Å². The van der Waals surface area contributed by atoms with Crippen molar-refractivity contribution in [3.8, 4) is 11.4 Å². The molecule has 0 radical (unpaired) electrons. The topological polar surface area (TPSA) is 75.3 Å². The normalized spacial score (nSPS) is 11.5. The van der Waals surface area contributed by atoms with E-state index >= 15 is 0 Å². The van der Waals surface area contributed by atoms with Crippen molar-refractivity contribution in [2.45, 2.75) is 32.7 Å². The zero-order chi connectivity index (χ0) is 16.5. The van der Waals surface area contributed by atoms with Crippen LogP contribution in [0.2, 0.25) is 5.02 Å². The van der Waals surface area contributed by atoms with E-state index < -0.39 is 0 Å². The first-order valence-corrected chi connectivity index (χ1v) is 8.13. The summed E-state index contributed by atoms with van der Waals surface area (Å²) in [5.41, 5.74) is 0.828. The monoisotopic (exact) mass is 335 g/mol. The molecule has 2 aromatic rings. The molecule has 0 amide bonds. The van der Waals surface area contributed by atoms with Gasteiger partial charge >= 0.3 is 0 Å². The highest BCUT2D eigenvalue weighted by atomic mass is 35.5. The highest BCUT2D eigenvalue weighted by molar-refractivity contribution is 6.30. The number of halogens is 1. The summed E-state index contributed by atoms with van der Waals surface area (Å²) in [6.07, 6.45) is 3.52. The van der Waals surface area contributed by atoms with Gasteiger partial charge in [0.15, 0.2) is 5.96 Å². The Hall–Kier alpha value is -2.08. The van der Waals surface area contributed by atoms with E-state index in [2.05, 4.69) is 32.7 Å². The highest BCUT2D eigenvalue weighted by Crippen LogP contribution is 2.19. The summed E-state index contributed by atoms with van der Waals surface area (Å²) >= 11 is 5.97. The van der Waals surface area contributed by atoms with Gasteiger partial charge in [-0.3, -0.25) is 4.99 Å². The molecular weight excluding hydrogens is 314 g/mol. The third kappa shape index (κ3) is 5.56. The molecule has 1 aromatic heterocycles. The maximum Gasteiger partial charge on any atom is 0.246 e. The smallest absolute Gasteiger partial charge is 0.246 e. The molecule has 0 aliphatic heterocycles. The SMILES string of the molecule is CCCCCNC(=NC)NCc1nc(-c2cccc(Cl)c2)no1. The number of aliphatic imine (C=N–C) groups is 1. The Morgan fingerprint density at radius 3 is 2.91 bits per heavy atom. The lowest BCUT2D eigenvalue weighted by molar-refractivity contribution is 0.375. The molecule has 124 valence electrons. The maximum absolute atomic E-state index is 5.97. The molecule has 0 saturated heterocycles. The van der Waals surface area contributed by atoms with E-state index in [1.165, 1.54) is 12.8 Å². The summed E-state index contributed by atoms with van der Waals surface area (Å²) in [6.45, 7) is 3.49. The number of guanidine groups is 1. The lowest BCUT2D eigenvalue weighted by atomic mass is 10.2. The summed E-state index contributed by atoms with van der Waals surface area (Å²) in [4.78, 5) is 8.52. The van der Waals surface area contributed by atoms with Gasteiger partial charge in [-0.15, -0.1) is 0 Å². The Morgan fingerprint density at radius 1 is 1.30 bits per heavy atom. The van der Waals surface area contributed by atoms with Crippen molar-refractivity contribution >= 4 is 17.6 Å². The molecule has 23 heavy (non-hydrogen) atoms. The zero-order valence-electron chi connectivity index (χ0n) is 13.5. The number of rotatable bonds is 7. The highest BCUT2D eigenvalue weighted by Gasteiger charge is 2.09. The first-order chi connectivity index (χ1) is 11.2. The molecule has 0 aliphatic carbocycles. The Morgan fingerprint density at radius 2 is 2.17 bits per heavy atom. The van der Waals surface area contributed by atoms with Gasteiger partial charge in [0.05, 0.1) is 6.54 Å². The molecule has 6 nitrogen and oxygen atoms in total. The van der Waals surface area contributed by atoms with Crippen LogP contribution in [0.25, 0.3) is 11.4 Å². The molecule has 0 saturated carbocycles. The molecule has 1 aromatic carbocycles. The first kappa shape index (κ1) is 17.3. The van der Waals surface area contributed by atoms with Crippen LogP contribution in [0.15, 0.2) is 33.8 Å². The molecule has 1 heterocycles. The van der Waals surface area contributed by atoms with Gasteiger partial charge in [-0.25, -0.2) is 0 Å². The molecule has 2 N–H and O–H groups in total. The molecule has 0 fully saturated rings. The van der Waals surface area contributed by atoms with Crippen LogP contribution in [0.1, 0.15) is 32.1 Å².